The fourth-order valence-corrected chi connectivity index (χ4v) is 3.04. The maximum atomic E-state index is 11.8. The fraction of sp³-hybridized carbons (Fsp3) is 0.556. The molecule has 0 amide bonds. The summed E-state index contributed by atoms with van der Waals surface area (Å²) in [5, 5.41) is 3.38. The highest BCUT2D eigenvalue weighted by Gasteiger charge is 2.36. The Labute approximate surface area is 167 Å². The van der Waals surface area contributed by atoms with E-state index in [4.69, 9.17) is 9.47 Å². The first-order valence-electron chi connectivity index (χ1n) is 8.25. The molecule has 1 aliphatic rings. The summed E-state index contributed by atoms with van der Waals surface area (Å²) < 4.78 is 10.1. The molecule has 1 fully saturated rings. The molecule has 140 valence electrons. The Morgan fingerprint density at radius 3 is 2.52 bits per heavy atom. The molecule has 1 heterocycles. The SMILES string of the molecule is CN=C(NCCc1ccc(OC)cc1)N1CC(C)C(C(=O)OC)C1.I. The molecule has 0 aromatic heterocycles. The van der Waals surface area contributed by atoms with Gasteiger partial charge in [0.2, 0.25) is 0 Å². The van der Waals surface area contributed by atoms with Crippen LogP contribution in [0.1, 0.15) is 12.5 Å². The molecule has 2 unspecified atom stereocenters. The molecule has 6 nitrogen and oxygen atoms in total. The second-order valence-electron chi connectivity index (χ2n) is 6.08. The predicted octanol–water partition coefficient (Wildman–Crippen LogP) is 2.17. The van der Waals surface area contributed by atoms with Gasteiger partial charge >= 0.3 is 5.97 Å². The van der Waals surface area contributed by atoms with Gasteiger partial charge in [-0.2, -0.15) is 0 Å². The van der Waals surface area contributed by atoms with Crippen LogP contribution in [0.3, 0.4) is 0 Å². The molecule has 0 radical (unpaired) electrons. The van der Waals surface area contributed by atoms with E-state index in [1.165, 1.54) is 12.7 Å². The highest BCUT2D eigenvalue weighted by Crippen LogP contribution is 2.24. The number of nitrogens with one attached hydrogen (secondary N) is 1. The van der Waals surface area contributed by atoms with Crippen LogP contribution in [0.5, 0.6) is 5.75 Å². The molecule has 1 aromatic carbocycles. The second-order valence-corrected chi connectivity index (χ2v) is 6.08. The van der Waals surface area contributed by atoms with Gasteiger partial charge in [-0.1, -0.05) is 19.1 Å². The van der Waals surface area contributed by atoms with E-state index in [0.29, 0.717) is 6.54 Å². The second kappa shape index (κ2) is 10.5. The summed E-state index contributed by atoms with van der Waals surface area (Å²) >= 11 is 0. The predicted molar refractivity (Wildman–Crippen MR) is 110 cm³/mol. The number of aliphatic imine (C=N–C) groups is 1. The topological polar surface area (TPSA) is 63.2 Å². The van der Waals surface area contributed by atoms with Crippen molar-refractivity contribution < 1.29 is 14.3 Å². The van der Waals surface area contributed by atoms with Crippen molar-refractivity contribution in [3.63, 3.8) is 0 Å². The van der Waals surface area contributed by atoms with Gasteiger partial charge in [0.1, 0.15) is 5.75 Å². The van der Waals surface area contributed by atoms with Crippen LogP contribution in [-0.4, -0.2) is 57.7 Å². The molecule has 0 spiro atoms. The summed E-state index contributed by atoms with van der Waals surface area (Å²) in [7, 11) is 4.88. The molecular formula is C18H28IN3O3. The van der Waals surface area contributed by atoms with Crippen molar-refractivity contribution in [3.8, 4) is 5.75 Å². The van der Waals surface area contributed by atoms with Gasteiger partial charge in [0.05, 0.1) is 20.1 Å². The molecule has 0 saturated carbocycles. The Balaban J connectivity index is 0.00000312. The number of benzene rings is 1. The van der Waals surface area contributed by atoms with Crippen LogP contribution in [0, 0.1) is 11.8 Å². The number of hydrogen-bond donors (Lipinski definition) is 1. The average Bonchev–Trinajstić information content (AvgIpc) is 3.00. The number of carbonyl (C=O) groups excluding carboxylic acids is 1. The Morgan fingerprint density at radius 1 is 1.28 bits per heavy atom. The first-order chi connectivity index (χ1) is 11.6. The Hall–Kier alpha value is -1.51. The number of rotatable bonds is 5. The normalized spacial score (nSPS) is 20.0. The number of ether oxygens (including phenoxy) is 2. The molecule has 25 heavy (non-hydrogen) atoms. The maximum Gasteiger partial charge on any atom is 0.310 e. The molecule has 1 saturated heterocycles. The number of hydrogen-bond acceptors (Lipinski definition) is 4. The standard InChI is InChI=1S/C18H27N3O3.HI/c1-13-11-21(12-16(13)17(22)24-4)18(19-2)20-10-9-14-5-7-15(23-3)8-6-14;/h5-8,13,16H,9-12H2,1-4H3,(H,19,20);1H. The third-order valence-corrected chi connectivity index (χ3v) is 4.48. The van der Waals surface area contributed by atoms with Crippen LogP contribution in [0.4, 0.5) is 0 Å². The number of nitrogens with zero attached hydrogens (tertiary/aromatic N) is 2. The van der Waals surface area contributed by atoms with Crippen LogP contribution >= 0.6 is 24.0 Å². The minimum absolute atomic E-state index is 0. The van der Waals surface area contributed by atoms with Crippen molar-refractivity contribution in [1.82, 2.24) is 10.2 Å². The first-order valence-corrected chi connectivity index (χ1v) is 8.25. The first kappa shape index (κ1) is 21.5. The van der Waals surface area contributed by atoms with E-state index in [1.54, 1.807) is 14.2 Å². The van der Waals surface area contributed by atoms with E-state index in [-0.39, 0.29) is 41.8 Å². The van der Waals surface area contributed by atoms with Crippen molar-refractivity contribution >= 4 is 35.9 Å². The lowest BCUT2D eigenvalue weighted by Gasteiger charge is -2.21. The zero-order chi connectivity index (χ0) is 17.5. The highest BCUT2D eigenvalue weighted by atomic mass is 127. The van der Waals surface area contributed by atoms with Gasteiger partial charge in [0, 0.05) is 26.7 Å². The lowest BCUT2D eigenvalue weighted by atomic mass is 9.99. The number of halogens is 1. The zero-order valence-corrected chi connectivity index (χ0v) is 17.7. The van der Waals surface area contributed by atoms with E-state index in [0.717, 1.165) is 31.2 Å². The van der Waals surface area contributed by atoms with Gasteiger partial charge in [0.25, 0.3) is 0 Å². The van der Waals surface area contributed by atoms with E-state index >= 15 is 0 Å². The van der Waals surface area contributed by atoms with Crippen LogP contribution < -0.4 is 10.1 Å². The summed E-state index contributed by atoms with van der Waals surface area (Å²) in [6.45, 7) is 4.32. The molecular weight excluding hydrogens is 433 g/mol. The third-order valence-electron chi connectivity index (χ3n) is 4.48. The lowest BCUT2D eigenvalue weighted by molar-refractivity contribution is -0.145. The van der Waals surface area contributed by atoms with Crippen LogP contribution in [0.25, 0.3) is 0 Å². The summed E-state index contributed by atoms with van der Waals surface area (Å²) in [6.07, 6.45) is 0.896. The number of esters is 1. The summed E-state index contributed by atoms with van der Waals surface area (Å²) in [5.41, 5.74) is 1.24. The molecule has 1 N–H and O–H groups in total. The minimum Gasteiger partial charge on any atom is -0.497 e. The van der Waals surface area contributed by atoms with E-state index in [9.17, 15) is 4.79 Å². The number of carbonyl (C=O) groups is 1. The van der Waals surface area contributed by atoms with Crippen LogP contribution in [-0.2, 0) is 16.0 Å². The van der Waals surface area contributed by atoms with Crippen molar-refractivity contribution in [2.24, 2.45) is 16.8 Å². The average molecular weight is 461 g/mol. The van der Waals surface area contributed by atoms with Crippen molar-refractivity contribution in [2.75, 3.05) is 40.9 Å². The third kappa shape index (κ3) is 5.76. The molecule has 1 aromatic rings. The monoisotopic (exact) mass is 461 g/mol. The van der Waals surface area contributed by atoms with Gasteiger partial charge in [-0.05, 0) is 30.0 Å². The molecule has 2 atom stereocenters. The van der Waals surface area contributed by atoms with Gasteiger partial charge in [-0.15, -0.1) is 24.0 Å². The Bertz CT molecular complexity index is 577. The Morgan fingerprint density at radius 2 is 1.96 bits per heavy atom. The highest BCUT2D eigenvalue weighted by molar-refractivity contribution is 14.0. The largest absolute Gasteiger partial charge is 0.497 e. The Kier molecular flexibility index (Phi) is 9.02. The van der Waals surface area contributed by atoms with Gasteiger partial charge in [-0.3, -0.25) is 9.79 Å². The zero-order valence-electron chi connectivity index (χ0n) is 15.3. The maximum absolute atomic E-state index is 11.8. The van der Waals surface area contributed by atoms with Crippen LogP contribution in [0.15, 0.2) is 29.3 Å². The van der Waals surface area contributed by atoms with Crippen LogP contribution in [0.2, 0.25) is 0 Å². The van der Waals surface area contributed by atoms with Gasteiger partial charge in [-0.25, -0.2) is 0 Å². The van der Waals surface area contributed by atoms with Crippen molar-refractivity contribution in [1.29, 1.82) is 0 Å². The van der Waals surface area contributed by atoms with Crippen molar-refractivity contribution in [2.45, 2.75) is 13.3 Å². The van der Waals surface area contributed by atoms with E-state index < -0.39 is 0 Å². The van der Waals surface area contributed by atoms with E-state index in [1.807, 2.05) is 12.1 Å². The minimum atomic E-state index is -0.140. The van der Waals surface area contributed by atoms with E-state index in [2.05, 4.69) is 34.3 Å². The summed E-state index contributed by atoms with van der Waals surface area (Å²) in [6, 6.07) is 8.06. The van der Waals surface area contributed by atoms with Gasteiger partial charge < -0.3 is 19.7 Å². The quantitative estimate of drug-likeness (QED) is 0.315. The van der Waals surface area contributed by atoms with Gasteiger partial charge in [0.15, 0.2) is 5.96 Å². The molecule has 2 rings (SSSR count). The number of guanidine groups is 1. The smallest absolute Gasteiger partial charge is 0.310 e. The van der Waals surface area contributed by atoms with Crippen molar-refractivity contribution in [3.05, 3.63) is 29.8 Å². The molecule has 7 heteroatoms. The summed E-state index contributed by atoms with van der Waals surface area (Å²) in [4.78, 5) is 18.3. The molecule has 1 aliphatic heterocycles. The molecule has 0 bridgehead atoms. The fourth-order valence-electron chi connectivity index (χ4n) is 3.04. The number of methoxy groups -OCH3 is 2. The summed E-state index contributed by atoms with van der Waals surface area (Å²) in [5.74, 6) is 1.73. The number of likely N-dealkylation sites (tertiary alicyclic amines) is 1. The lowest BCUT2D eigenvalue weighted by Crippen LogP contribution is -2.41. The molecule has 0 aliphatic carbocycles.